The molecule has 0 aromatic heterocycles. The van der Waals surface area contributed by atoms with Gasteiger partial charge >= 0.3 is 5.97 Å². The molecule has 1 fully saturated rings. The molecule has 1 aromatic carbocycles. The van der Waals surface area contributed by atoms with Gasteiger partial charge in [0.1, 0.15) is 11.3 Å². The summed E-state index contributed by atoms with van der Waals surface area (Å²) in [6.45, 7) is 5.66. The summed E-state index contributed by atoms with van der Waals surface area (Å²) >= 11 is 0. The fraction of sp³-hybridized carbons (Fsp3) is 0.600. The van der Waals surface area contributed by atoms with E-state index < -0.39 is 17.5 Å². The first-order valence-corrected chi connectivity index (χ1v) is 9.50. The quantitative estimate of drug-likeness (QED) is 0.475. The van der Waals surface area contributed by atoms with E-state index >= 15 is 0 Å². The van der Waals surface area contributed by atoms with Crippen LogP contribution in [0.1, 0.15) is 49.9 Å². The minimum atomic E-state index is -1.02. The Labute approximate surface area is 160 Å². The van der Waals surface area contributed by atoms with Crippen LogP contribution in [0.2, 0.25) is 0 Å². The van der Waals surface area contributed by atoms with Gasteiger partial charge in [-0.05, 0) is 50.6 Å². The molecule has 1 saturated heterocycles. The number of carbonyl (C=O) groups excluding carboxylic acids is 2. The Bertz CT molecular complexity index is 656. The maximum atomic E-state index is 12.6. The SMILES string of the molecule is CCCCOc1ccc(NC(=O)C(C)C2(O)CCNCC2)cc1C(=O)OC. The van der Waals surface area contributed by atoms with Crippen LogP contribution in [0, 0.1) is 5.92 Å². The highest BCUT2D eigenvalue weighted by atomic mass is 16.5. The molecule has 1 aliphatic rings. The third kappa shape index (κ3) is 5.43. The van der Waals surface area contributed by atoms with Gasteiger partial charge in [0.2, 0.25) is 5.91 Å². The van der Waals surface area contributed by atoms with E-state index in [2.05, 4.69) is 17.6 Å². The third-order valence-electron chi connectivity index (χ3n) is 5.08. The molecular formula is C20H30N2O5. The molecule has 0 saturated carbocycles. The molecular weight excluding hydrogens is 348 g/mol. The summed E-state index contributed by atoms with van der Waals surface area (Å²) in [5.41, 5.74) is -0.295. The van der Waals surface area contributed by atoms with Gasteiger partial charge in [0.15, 0.2) is 0 Å². The second-order valence-electron chi connectivity index (χ2n) is 6.97. The average molecular weight is 378 g/mol. The Kier molecular flexibility index (Phi) is 7.62. The Morgan fingerprint density at radius 3 is 2.67 bits per heavy atom. The van der Waals surface area contributed by atoms with Gasteiger partial charge < -0.3 is 25.2 Å². The Morgan fingerprint density at radius 1 is 1.33 bits per heavy atom. The molecule has 1 unspecified atom stereocenters. The third-order valence-corrected chi connectivity index (χ3v) is 5.08. The number of hydrogen-bond donors (Lipinski definition) is 3. The second-order valence-corrected chi connectivity index (χ2v) is 6.97. The number of ether oxygens (including phenoxy) is 2. The molecule has 2 rings (SSSR count). The Balaban J connectivity index is 2.13. The minimum absolute atomic E-state index is 0.264. The van der Waals surface area contributed by atoms with Crippen molar-refractivity contribution in [1.82, 2.24) is 5.32 Å². The predicted molar refractivity (Wildman–Crippen MR) is 103 cm³/mol. The summed E-state index contributed by atoms with van der Waals surface area (Å²) in [5.74, 6) is -0.947. The molecule has 27 heavy (non-hydrogen) atoms. The lowest BCUT2D eigenvalue weighted by molar-refractivity contribution is -0.130. The summed E-state index contributed by atoms with van der Waals surface area (Å²) in [7, 11) is 1.30. The monoisotopic (exact) mass is 378 g/mol. The average Bonchev–Trinajstić information content (AvgIpc) is 2.68. The topological polar surface area (TPSA) is 96.9 Å². The zero-order chi connectivity index (χ0) is 19.9. The summed E-state index contributed by atoms with van der Waals surface area (Å²) in [6, 6.07) is 4.89. The molecule has 1 aliphatic heterocycles. The van der Waals surface area contributed by atoms with E-state index in [0.29, 0.717) is 44.0 Å². The number of esters is 1. The van der Waals surface area contributed by atoms with E-state index in [1.165, 1.54) is 7.11 Å². The van der Waals surface area contributed by atoms with Crippen LogP contribution < -0.4 is 15.4 Å². The molecule has 0 radical (unpaired) electrons. The van der Waals surface area contributed by atoms with Crippen molar-refractivity contribution in [2.75, 3.05) is 32.1 Å². The van der Waals surface area contributed by atoms with Crippen molar-refractivity contribution >= 4 is 17.6 Å². The van der Waals surface area contributed by atoms with Crippen molar-refractivity contribution in [2.24, 2.45) is 5.92 Å². The van der Waals surface area contributed by atoms with Gasteiger partial charge in [0, 0.05) is 5.69 Å². The second kappa shape index (κ2) is 9.71. The van der Waals surface area contributed by atoms with Crippen molar-refractivity contribution in [1.29, 1.82) is 0 Å². The molecule has 0 aliphatic carbocycles. The lowest BCUT2D eigenvalue weighted by Gasteiger charge is -2.36. The van der Waals surface area contributed by atoms with Crippen molar-refractivity contribution in [2.45, 2.75) is 45.1 Å². The van der Waals surface area contributed by atoms with Gasteiger partial charge in [0.25, 0.3) is 0 Å². The van der Waals surface area contributed by atoms with Gasteiger partial charge in [-0.25, -0.2) is 4.79 Å². The number of unbranched alkanes of at least 4 members (excludes halogenated alkanes) is 1. The summed E-state index contributed by atoms with van der Waals surface area (Å²) in [4.78, 5) is 24.7. The number of hydrogen-bond acceptors (Lipinski definition) is 6. The first-order chi connectivity index (χ1) is 12.9. The largest absolute Gasteiger partial charge is 0.493 e. The summed E-state index contributed by atoms with van der Waals surface area (Å²) < 4.78 is 10.5. The number of carbonyl (C=O) groups is 2. The van der Waals surface area contributed by atoms with Gasteiger partial charge in [0.05, 0.1) is 25.2 Å². The molecule has 1 heterocycles. The van der Waals surface area contributed by atoms with Crippen LogP contribution in [-0.2, 0) is 9.53 Å². The van der Waals surface area contributed by atoms with Crippen LogP contribution in [0.4, 0.5) is 5.69 Å². The molecule has 1 atom stereocenters. The molecule has 1 aromatic rings. The van der Waals surface area contributed by atoms with Gasteiger partial charge in [-0.3, -0.25) is 4.79 Å². The lowest BCUT2D eigenvalue weighted by atomic mass is 9.80. The molecule has 3 N–H and O–H groups in total. The van der Waals surface area contributed by atoms with Crippen LogP contribution in [0.25, 0.3) is 0 Å². The van der Waals surface area contributed by atoms with E-state index in [0.717, 1.165) is 12.8 Å². The smallest absolute Gasteiger partial charge is 0.341 e. The van der Waals surface area contributed by atoms with Crippen LogP contribution in [-0.4, -0.2) is 49.4 Å². The van der Waals surface area contributed by atoms with E-state index in [9.17, 15) is 14.7 Å². The Morgan fingerprint density at radius 2 is 2.04 bits per heavy atom. The van der Waals surface area contributed by atoms with Crippen molar-refractivity contribution < 1.29 is 24.2 Å². The van der Waals surface area contributed by atoms with E-state index in [4.69, 9.17) is 9.47 Å². The highest BCUT2D eigenvalue weighted by Gasteiger charge is 2.39. The maximum Gasteiger partial charge on any atom is 0.341 e. The maximum absolute atomic E-state index is 12.6. The number of rotatable bonds is 8. The van der Waals surface area contributed by atoms with Gasteiger partial charge in [-0.1, -0.05) is 20.3 Å². The number of methoxy groups -OCH3 is 1. The first kappa shape index (κ1) is 21.2. The first-order valence-electron chi connectivity index (χ1n) is 9.50. The number of amides is 1. The Hall–Kier alpha value is -2.12. The number of nitrogens with one attached hydrogen (secondary N) is 2. The van der Waals surface area contributed by atoms with E-state index in [1.54, 1.807) is 25.1 Å². The molecule has 150 valence electrons. The van der Waals surface area contributed by atoms with E-state index in [1.807, 2.05) is 0 Å². The lowest BCUT2D eigenvalue weighted by Crippen LogP contribution is -2.50. The van der Waals surface area contributed by atoms with Crippen LogP contribution >= 0.6 is 0 Å². The van der Waals surface area contributed by atoms with Gasteiger partial charge in [-0.15, -0.1) is 0 Å². The van der Waals surface area contributed by atoms with Gasteiger partial charge in [-0.2, -0.15) is 0 Å². The molecule has 7 nitrogen and oxygen atoms in total. The minimum Gasteiger partial charge on any atom is -0.493 e. The number of piperidine rings is 1. The number of benzene rings is 1. The van der Waals surface area contributed by atoms with Crippen molar-refractivity contribution in [3.63, 3.8) is 0 Å². The fourth-order valence-electron chi connectivity index (χ4n) is 3.12. The van der Waals surface area contributed by atoms with Crippen molar-refractivity contribution in [3.05, 3.63) is 23.8 Å². The molecule has 0 bridgehead atoms. The van der Waals surface area contributed by atoms with Crippen LogP contribution in [0.15, 0.2) is 18.2 Å². The van der Waals surface area contributed by atoms with Crippen molar-refractivity contribution in [3.8, 4) is 5.75 Å². The standard InChI is InChI=1S/C20H30N2O5/c1-4-5-12-27-17-7-6-15(13-16(17)19(24)26-3)22-18(23)14(2)20(25)8-10-21-11-9-20/h6-7,13-14,21,25H,4-5,8-12H2,1-3H3,(H,22,23). The molecule has 0 spiro atoms. The normalized spacial score (nSPS) is 17.0. The zero-order valence-corrected chi connectivity index (χ0v) is 16.3. The van der Waals surface area contributed by atoms with Crippen LogP contribution in [0.3, 0.4) is 0 Å². The number of anilines is 1. The summed E-state index contributed by atoms with van der Waals surface area (Å²) in [5, 5.41) is 16.7. The molecule has 1 amide bonds. The number of aliphatic hydroxyl groups is 1. The highest BCUT2D eigenvalue weighted by Crippen LogP contribution is 2.29. The van der Waals surface area contributed by atoms with E-state index in [-0.39, 0.29) is 11.5 Å². The highest BCUT2D eigenvalue weighted by molar-refractivity contribution is 5.97. The predicted octanol–water partition coefficient (Wildman–Crippen LogP) is 2.34. The molecule has 7 heteroatoms. The van der Waals surface area contributed by atoms with Crippen LogP contribution in [0.5, 0.6) is 5.75 Å². The summed E-state index contributed by atoms with van der Waals surface area (Å²) in [6.07, 6.45) is 2.92. The fourth-order valence-corrected chi connectivity index (χ4v) is 3.12. The zero-order valence-electron chi connectivity index (χ0n) is 16.3.